The van der Waals surface area contributed by atoms with Gasteiger partial charge in [-0.25, -0.2) is 0 Å². The lowest BCUT2D eigenvalue weighted by atomic mass is 9.89. The molecule has 0 aromatic heterocycles. The van der Waals surface area contributed by atoms with Crippen molar-refractivity contribution in [1.82, 2.24) is 10.6 Å². The average Bonchev–Trinajstić information content (AvgIpc) is 3.20. The average molecular weight is 703 g/mol. The first kappa shape index (κ1) is 34.8. The normalized spacial score (nSPS) is 12.3. The SMILES string of the molecule is O=C(CCCCc1ccc2ccc3cccc4ccc1c2c34)NCC(CO)(CO)CNC(=O)CCCCc1ccc2ccc3cccc4ccc1c2c34. The van der Waals surface area contributed by atoms with E-state index in [1.165, 1.54) is 75.8 Å². The van der Waals surface area contributed by atoms with Crippen molar-refractivity contribution in [2.75, 3.05) is 26.3 Å². The van der Waals surface area contributed by atoms with Crippen LogP contribution in [-0.4, -0.2) is 48.3 Å². The highest BCUT2D eigenvalue weighted by atomic mass is 16.3. The van der Waals surface area contributed by atoms with Crippen molar-refractivity contribution in [3.8, 4) is 0 Å². The molecule has 0 aliphatic rings. The number of carbonyl (C=O) groups excluding carboxylic acids is 2. The fraction of sp³-hybridized carbons (Fsp3) is 0.277. The number of carbonyl (C=O) groups is 2. The Morgan fingerprint density at radius 1 is 0.453 bits per heavy atom. The van der Waals surface area contributed by atoms with E-state index in [0.29, 0.717) is 12.8 Å². The van der Waals surface area contributed by atoms with Gasteiger partial charge in [0, 0.05) is 25.9 Å². The Hall–Kier alpha value is -5.30. The molecule has 8 aromatic carbocycles. The lowest BCUT2D eigenvalue weighted by Crippen LogP contribution is -2.50. The molecule has 0 saturated heterocycles. The monoisotopic (exact) mass is 702 g/mol. The maximum atomic E-state index is 12.8. The third-order valence-corrected chi connectivity index (χ3v) is 11.4. The summed E-state index contributed by atoms with van der Waals surface area (Å²) in [6.07, 6.45) is 5.67. The molecular formula is C47H46N2O4. The Morgan fingerprint density at radius 2 is 0.811 bits per heavy atom. The molecule has 0 heterocycles. The topological polar surface area (TPSA) is 98.7 Å². The summed E-state index contributed by atoms with van der Waals surface area (Å²) >= 11 is 0. The summed E-state index contributed by atoms with van der Waals surface area (Å²) < 4.78 is 0. The summed E-state index contributed by atoms with van der Waals surface area (Å²) in [5, 5.41) is 41.5. The number of aliphatic hydroxyl groups is 2. The van der Waals surface area contributed by atoms with E-state index >= 15 is 0 Å². The van der Waals surface area contributed by atoms with Gasteiger partial charge in [-0.2, -0.15) is 0 Å². The summed E-state index contributed by atoms with van der Waals surface area (Å²) in [5.41, 5.74) is 1.55. The molecule has 8 rings (SSSR count). The van der Waals surface area contributed by atoms with Crippen LogP contribution in [0.15, 0.2) is 109 Å². The summed E-state index contributed by atoms with van der Waals surface area (Å²) in [5.74, 6) is -0.241. The summed E-state index contributed by atoms with van der Waals surface area (Å²) in [6.45, 7) is -0.535. The van der Waals surface area contributed by atoms with E-state index in [-0.39, 0.29) is 38.1 Å². The molecule has 6 heteroatoms. The van der Waals surface area contributed by atoms with E-state index in [9.17, 15) is 19.8 Å². The molecule has 0 spiro atoms. The minimum Gasteiger partial charge on any atom is -0.396 e. The van der Waals surface area contributed by atoms with Crippen LogP contribution in [-0.2, 0) is 22.4 Å². The molecule has 0 fully saturated rings. The van der Waals surface area contributed by atoms with Crippen molar-refractivity contribution in [3.05, 3.63) is 120 Å². The largest absolute Gasteiger partial charge is 0.396 e. The summed E-state index contributed by atoms with van der Waals surface area (Å²) in [4.78, 5) is 25.6. The van der Waals surface area contributed by atoms with Crippen molar-refractivity contribution >= 4 is 76.4 Å². The van der Waals surface area contributed by atoms with Crippen LogP contribution in [0, 0.1) is 5.41 Å². The van der Waals surface area contributed by atoms with E-state index in [4.69, 9.17) is 0 Å². The first-order valence-electron chi connectivity index (χ1n) is 19.0. The number of aliphatic hydroxyl groups excluding tert-OH is 2. The number of unbranched alkanes of at least 4 members (excludes halogenated alkanes) is 2. The van der Waals surface area contributed by atoms with Crippen molar-refractivity contribution in [2.45, 2.75) is 51.4 Å². The van der Waals surface area contributed by atoms with E-state index < -0.39 is 5.41 Å². The highest BCUT2D eigenvalue weighted by Gasteiger charge is 2.30. The van der Waals surface area contributed by atoms with Crippen LogP contribution in [0.5, 0.6) is 0 Å². The molecular weight excluding hydrogens is 657 g/mol. The van der Waals surface area contributed by atoms with Crippen LogP contribution in [0.2, 0.25) is 0 Å². The number of amides is 2. The lowest BCUT2D eigenvalue weighted by molar-refractivity contribution is -0.122. The Morgan fingerprint density at radius 3 is 1.21 bits per heavy atom. The highest BCUT2D eigenvalue weighted by molar-refractivity contribution is 6.24. The van der Waals surface area contributed by atoms with Gasteiger partial charge < -0.3 is 20.8 Å². The van der Waals surface area contributed by atoms with Crippen molar-refractivity contribution in [3.63, 3.8) is 0 Å². The molecule has 4 N–H and O–H groups in total. The highest BCUT2D eigenvalue weighted by Crippen LogP contribution is 2.38. The molecule has 8 aromatic rings. The first-order valence-corrected chi connectivity index (χ1v) is 19.0. The Kier molecular flexibility index (Phi) is 9.82. The second-order valence-electron chi connectivity index (χ2n) is 14.9. The fourth-order valence-corrected chi connectivity index (χ4v) is 8.31. The van der Waals surface area contributed by atoms with Gasteiger partial charge in [0.25, 0.3) is 0 Å². The predicted octanol–water partition coefficient (Wildman–Crippen LogP) is 8.81. The third kappa shape index (κ3) is 6.85. The van der Waals surface area contributed by atoms with Gasteiger partial charge in [0.05, 0.1) is 18.6 Å². The Balaban J connectivity index is 0.787. The number of aryl methyl sites for hydroxylation is 2. The molecule has 0 radical (unpaired) electrons. The van der Waals surface area contributed by atoms with Crippen molar-refractivity contribution in [1.29, 1.82) is 0 Å². The van der Waals surface area contributed by atoms with E-state index in [2.05, 4.69) is 120 Å². The molecule has 0 saturated carbocycles. The number of rotatable bonds is 16. The standard InChI is InChI=1S/C47H46N2O4/c50-29-47(30-51,27-48-41(52)13-3-1-7-31-15-17-37-21-19-33-9-5-11-35-23-25-39(31)45(37)43(33)35)28-49-42(53)14-4-2-8-32-16-18-38-22-20-34-10-6-12-36-24-26-40(32)46(38)44(34)36/h5-6,9-12,15-26,50-51H,1-4,7-8,13-14,27-30H2,(H,48,52)(H,49,53). The predicted molar refractivity (Wildman–Crippen MR) is 218 cm³/mol. The lowest BCUT2D eigenvalue weighted by Gasteiger charge is -2.30. The van der Waals surface area contributed by atoms with Gasteiger partial charge in [0.1, 0.15) is 0 Å². The fourth-order valence-electron chi connectivity index (χ4n) is 8.31. The maximum absolute atomic E-state index is 12.8. The summed E-state index contributed by atoms with van der Waals surface area (Å²) in [7, 11) is 0. The van der Waals surface area contributed by atoms with Crippen molar-refractivity contribution < 1.29 is 19.8 Å². The molecule has 0 aliphatic heterocycles. The Bertz CT molecular complexity index is 2350. The third-order valence-electron chi connectivity index (χ3n) is 11.4. The molecule has 0 aliphatic carbocycles. The zero-order chi connectivity index (χ0) is 36.4. The minimum atomic E-state index is -1.03. The zero-order valence-electron chi connectivity index (χ0n) is 30.1. The van der Waals surface area contributed by atoms with Crippen LogP contribution < -0.4 is 10.6 Å². The molecule has 0 unspecified atom stereocenters. The Labute approximate surface area is 309 Å². The van der Waals surface area contributed by atoms with Gasteiger partial charge in [-0.15, -0.1) is 0 Å². The number of benzene rings is 8. The van der Waals surface area contributed by atoms with Gasteiger partial charge in [0.2, 0.25) is 11.8 Å². The van der Waals surface area contributed by atoms with E-state index in [1.54, 1.807) is 0 Å². The molecule has 268 valence electrons. The first-order chi connectivity index (χ1) is 26.0. The quantitative estimate of drug-likeness (QED) is 0.0598. The molecule has 2 amide bonds. The van der Waals surface area contributed by atoms with Gasteiger partial charge in [-0.05, 0) is 114 Å². The number of hydrogen-bond donors (Lipinski definition) is 4. The zero-order valence-corrected chi connectivity index (χ0v) is 30.1. The van der Waals surface area contributed by atoms with Crippen LogP contribution >= 0.6 is 0 Å². The molecule has 6 nitrogen and oxygen atoms in total. The van der Waals surface area contributed by atoms with Gasteiger partial charge in [0.15, 0.2) is 0 Å². The van der Waals surface area contributed by atoms with Crippen LogP contribution in [0.4, 0.5) is 0 Å². The maximum Gasteiger partial charge on any atom is 0.220 e. The second kappa shape index (κ2) is 15.0. The van der Waals surface area contributed by atoms with Crippen LogP contribution in [0.1, 0.15) is 49.7 Å². The number of nitrogens with one attached hydrogen (secondary N) is 2. The second-order valence-corrected chi connectivity index (χ2v) is 14.9. The molecule has 0 atom stereocenters. The van der Waals surface area contributed by atoms with Crippen molar-refractivity contribution in [2.24, 2.45) is 5.41 Å². The number of hydrogen-bond acceptors (Lipinski definition) is 4. The molecule has 0 bridgehead atoms. The molecule has 53 heavy (non-hydrogen) atoms. The van der Waals surface area contributed by atoms with Crippen LogP contribution in [0.25, 0.3) is 64.6 Å². The van der Waals surface area contributed by atoms with Gasteiger partial charge in [-0.3, -0.25) is 9.59 Å². The van der Waals surface area contributed by atoms with E-state index in [1.807, 2.05) is 0 Å². The van der Waals surface area contributed by atoms with Gasteiger partial charge >= 0.3 is 0 Å². The smallest absolute Gasteiger partial charge is 0.220 e. The van der Waals surface area contributed by atoms with Crippen LogP contribution in [0.3, 0.4) is 0 Å². The minimum absolute atomic E-state index is 0.0861. The summed E-state index contributed by atoms with van der Waals surface area (Å²) in [6, 6.07) is 39.3. The van der Waals surface area contributed by atoms with Gasteiger partial charge in [-0.1, -0.05) is 109 Å². The van der Waals surface area contributed by atoms with E-state index in [0.717, 1.165) is 38.5 Å².